The van der Waals surface area contributed by atoms with Gasteiger partial charge in [0, 0.05) is 6.54 Å². The van der Waals surface area contributed by atoms with Gasteiger partial charge in [0.1, 0.15) is 24.4 Å². The van der Waals surface area contributed by atoms with Crippen molar-refractivity contribution in [3.8, 4) is 5.75 Å². The van der Waals surface area contributed by atoms with Crippen LogP contribution in [-0.4, -0.2) is 70.0 Å². The molecule has 4 atom stereocenters. The number of carboxylic acid groups (broad SMARTS) is 1. The largest absolute Gasteiger partial charge is 0.508 e. The number of hydrogen-bond donors (Lipinski definition) is 5. The minimum Gasteiger partial charge on any atom is -0.508 e. The maximum atomic E-state index is 13.3. The highest BCUT2D eigenvalue weighted by Gasteiger charge is 2.39. The molecule has 2 rings (SSSR count). The molecule has 32 heavy (non-hydrogen) atoms. The molecule has 0 aliphatic carbocycles. The van der Waals surface area contributed by atoms with Gasteiger partial charge in [0.25, 0.3) is 0 Å². The second kappa shape index (κ2) is 11.5. The summed E-state index contributed by atoms with van der Waals surface area (Å²) in [5.74, 6) is -2.63. The van der Waals surface area contributed by atoms with E-state index in [1.165, 1.54) is 17.0 Å². The molecule has 1 aromatic rings. The van der Waals surface area contributed by atoms with Crippen molar-refractivity contribution >= 4 is 23.7 Å². The molecule has 0 saturated carbocycles. The number of likely N-dealkylation sites (tertiary alicyclic amines) is 1. The third-order valence-electron chi connectivity index (χ3n) is 5.76. The molecule has 1 aromatic carbocycles. The van der Waals surface area contributed by atoms with Gasteiger partial charge in [-0.25, -0.2) is 0 Å². The van der Waals surface area contributed by atoms with E-state index in [0.29, 0.717) is 25.8 Å². The Bertz CT molecular complexity index is 828. The second-order valence-electron chi connectivity index (χ2n) is 8.15. The number of benzene rings is 1. The number of nitrogens with two attached hydrogens (primary N) is 1. The van der Waals surface area contributed by atoms with Gasteiger partial charge in [0.2, 0.25) is 17.7 Å². The van der Waals surface area contributed by atoms with Gasteiger partial charge in [-0.2, -0.15) is 0 Å². The summed E-state index contributed by atoms with van der Waals surface area (Å²) in [6.45, 7) is 3.57. The molecule has 3 amide bonds. The molecule has 1 heterocycles. The number of phenols is 1. The maximum absolute atomic E-state index is 13.3. The quantitative estimate of drug-likeness (QED) is 0.336. The molecule has 0 bridgehead atoms. The average molecular weight is 449 g/mol. The number of aromatic hydroxyl groups is 1. The number of nitrogens with zero attached hydrogens (tertiary/aromatic N) is 1. The number of rotatable bonds is 10. The Kier molecular flexibility index (Phi) is 9.01. The van der Waals surface area contributed by atoms with Crippen LogP contribution in [0.1, 0.15) is 38.7 Å². The molecule has 4 unspecified atom stereocenters. The minimum atomic E-state index is -1.17. The summed E-state index contributed by atoms with van der Waals surface area (Å²) < 4.78 is 0. The molecule has 1 aliphatic heterocycles. The Balaban J connectivity index is 2.08. The van der Waals surface area contributed by atoms with E-state index in [2.05, 4.69) is 10.6 Å². The van der Waals surface area contributed by atoms with Crippen LogP contribution in [0.15, 0.2) is 24.3 Å². The van der Waals surface area contributed by atoms with Crippen molar-refractivity contribution in [1.82, 2.24) is 15.5 Å². The summed E-state index contributed by atoms with van der Waals surface area (Å²) >= 11 is 0. The lowest BCUT2D eigenvalue weighted by molar-refractivity contribution is -0.143. The van der Waals surface area contributed by atoms with Crippen molar-refractivity contribution in [2.75, 3.05) is 13.1 Å². The van der Waals surface area contributed by atoms with E-state index in [1.807, 2.05) is 13.8 Å². The molecule has 0 radical (unpaired) electrons. The number of aliphatic carboxylic acids is 1. The van der Waals surface area contributed by atoms with Crippen LogP contribution < -0.4 is 16.4 Å². The molecule has 0 spiro atoms. The molecule has 1 fully saturated rings. The van der Waals surface area contributed by atoms with Crippen molar-refractivity contribution in [3.05, 3.63) is 29.8 Å². The fourth-order valence-corrected chi connectivity index (χ4v) is 3.68. The topological polar surface area (TPSA) is 162 Å². The zero-order valence-electron chi connectivity index (χ0n) is 18.4. The molecule has 10 heteroatoms. The summed E-state index contributed by atoms with van der Waals surface area (Å²) in [4.78, 5) is 50.6. The summed E-state index contributed by atoms with van der Waals surface area (Å²) in [6, 6.07) is 3.84. The van der Waals surface area contributed by atoms with Crippen molar-refractivity contribution in [2.45, 2.75) is 57.7 Å². The van der Waals surface area contributed by atoms with Crippen LogP contribution in [0.3, 0.4) is 0 Å². The van der Waals surface area contributed by atoms with Crippen LogP contribution >= 0.6 is 0 Å². The Morgan fingerprint density at radius 1 is 1.22 bits per heavy atom. The molecule has 1 saturated heterocycles. The van der Waals surface area contributed by atoms with Crippen molar-refractivity contribution in [3.63, 3.8) is 0 Å². The lowest BCUT2D eigenvalue weighted by Crippen LogP contribution is -2.58. The Morgan fingerprint density at radius 2 is 1.88 bits per heavy atom. The van der Waals surface area contributed by atoms with Crippen LogP contribution in [0, 0.1) is 5.92 Å². The normalized spacial score (nSPS) is 18.5. The van der Waals surface area contributed by atoms with Crippen LogP contribution in [-0.2, 0) is 25.6 Å². The van der Waals surface area contributed by atoms with Gasteiger partial charge in [-0.05, 0) is 42.9 Å². The van der Waals surface area contributed by atoms with Crippen LogP contribution in [0.2, 0.25) is 0 Å². The van der Waals surface area contributed by atoms with Crippen molar-refractivity contribution in [1.29, 1.82) is 0 Å². The van der Waals surface area contributed by atoms with Crippen molar-refractivity contribution < 1.29 is 29.4 Å². The van der Waals surface area contributed by atoms with Gasteiger partial charge in [-0.1, -0.05) is 32.4 Å². The predicted molar refractivity (Wildman–Crippen MR) is 117 cm³/mol. The number of amides is 3. The first-order valence-corrected chi connectivity index (χ1v) is 10.8. The van der Waals surface area contributed by atoms with E-state index in [0.717, 1.165) is 5.56 Å². The second-order valence-corrected chi connectivity index (χ2v) is 8.15. The Morgan fingerprint density at radius 3 is 2.47 bits per heavy atom. The SMILES string of the molecule is CCC(C)C(NC(=O)C(N)Cc1ccc(O)cc1)C(=O)N1CCCC1C(=O)NCC(=O)O. The van der Waals surface area contributed by atoms with Gasteiger partial charge in [-0.15, -0.1) is 0 Å². The van der Waals surface area contributed by atoms with Crippen molar-refractivity contribution in [2.24, 2.45) is 11.7 Å². The fourth-order valence-electron chi connectivity index (χ4n) is 3.68. The minimum absolute atomic E-state index is 0.113. The standard InChI is InChI=1S/C22H32N4O6/c1-3-13(2)19(25-20(30)16(23)11-14-6-8-15(27)9-7-14)22(32)26-10-4-5-17(26)21(31)24-12-18(28)29/h6-9,13,16-17,19,27H,3-5,10-12,23H2,1-2H3,(H,24,31)(H,25,30)(H,28,29). The molecular weight excluding hydrogens is 416 g/mol. The van der Waals surface area contributed by atoms with Gasteiger partial charge in [-0.3, -0.25) is 19.2 Å². The molecule has 0 aromatic heterocycles. The highest BCUT2D eigenvalue weighted by molar-refractivity contribution is 5.94. The van der Waals surface area contributed by atoms with E-state index < -0.39 is 42.5 Å². The van der Waals surface area contributed by atoms with Gasteiger partial charge < -0.3 is 31.5 Å². The zero-order chi connectivity index (χ0) is 23.8. The maximum Gasteiger partial charge on any atom is 0.322 e. The van der Waals surface area contributed by atoms with E-state index in [-0.39, 0.29) is 24.0 Å². The summed E-state index contributed by atoms with van der Waals surface area (Å²) in [7, 11) is 0. The molecule has 1 aliphatic rings. The molecular formula is C22H32N4O6. The smallest absolute Gasteiger partial charge is 0.322 e. The van der Waals surface area contributed by atoms with E-state index in [4.69, 9.17) is 10.8 Å². The summed E-state index contributed by atoms with van der Waals surface area (Å²) in [5.41, 5.74) is 6.83. The first-order chi connectivity index (χ1) is 15.1. The highest BCUT2D eigenvalue weighted by atomic mass is 16.4. The van der Waals surface area contributed by atoms with Gasteiger partial charge in [0.05, 0.1) is 6.04 Å². The van der Waals surface area contributed by atoms with E-state index >= 15 is 0 Å². The van der Waals surface area contributed by atoms with Gasteiger partial charge >= 0.3 is 5.97 Å². The lowest BCUT2D eigenvalue weighted by Gasteiger charge is -2.31. The monoisotopic (exact) mass is 448 g/mol. The lowest BCUT2D eigenvalue weighted by atomic mass is 9.96. The van der Waals surface area contributed by atoms with E-state index in [1.54, 1.807) is 12.1 Å². The average Bonchev–Trinajstić information content (AvgIpc) is 3.26. The number of carbonyl (C=O) groups excluding carboxylic acids is 3. The Hall–Kier alpha value is -3.14. The zero-order valence-corrected chi connectivity index (χ0v) is 18.4. The summed E-state index contributed by atoms with van der Waals surface area (Å²) in [6.07, 6.45) is 1.89. The summed E-state index contributed by atoms with van der Waals surface area (Å²) in [5, 5.41) is 23.2. The number of carbonyl (C=O) groups is 4. The van der Waals surface area contributed by atoms with Gasteiger partial charge in [0.15, 0.2) is 0 Å². The third-order valence-corrected chi connectivity index (χ3v) is 5.76. The first kappa shape index (κ1) is 25.1. The van der Waals surface area contributed by atoms with E-state index in [9.17, 15) is 24.3 Å². The number of phenolic OH excluding ortho intramolecular Hbond substituents is 1. The Labute approximate surface area is 187 Å². The first-order valence-electron chi connectivity index (χ1n) is 10.8. The highest BCUT2D eigenvalue weighted by Crippen LogP contribution is 2.21. The fraction of sp³-hybridized carbons (Fsp3) is 0.545. The number of nitrogens with one attached hydrogen (secondary N) is 2. The number of hydrogen-bond acceptors (Lipinski definition) is 6. The third kappa shape index (κ3) is 6.68. The molecule has 6 N–H and O–H groups in total. The number of carboxylic acids is 1. The van der Waals surface area contributed by atoms with Crippen LogP contribution in [0.4, 0.5) is 0 Å². The van der Waals surface area contributed by atoms with Crippen LogP contribution in [0.5, 0.6) is 5.75 Å². The predicted octanol–water partition coefficient (Wildman–Crippen LogP) is -0.0153. The molecule has 176 valence electrons. The molecule has 10 nitrogen and oxygen atoms in total. The van der Waals surface area contributed by atoms with Crippen LogP contribution in [0.25, 0.3) is 0 Å².